The van der Waals surface area contributed by atoms with Crippen LogP contribution in [0.4, 0.5) is 0 Å². The molecule has 1 saturated carbocycles. The molecule has 0 bridgehead atoms. The number of aryl methyl sites for hydroxylation is 1. The van der Waals surface area contributed by atoms with Crippen molar-refractivity contribution in [1.29, 1.82) is 0 Å². The van der Waals surface area contributed by atoms with Crippen molar-refractivity contribution >= 4 is 17.7 Å². The highest BCUT2D eigenvalue weighted by atomic mass is 32.2. The first-order valence-electron chi connectivity index (χ1n) is 6.41. The standard InChI is InChI=1S/C12H19N3O2S/c1-9-13-14-12(18-8-11(16)17)15(9)7-10-5-3-2-4-6-10/h10H,2-8H2,1H3,(H,16,17). The van der Waals surface area contributed by atoms with Crippen LogP contribution in [0.2, 0.25) is 0 Å². The molecule has 2 rings (SSSR count). The van der Waals surface area contributed by atoms with Crippen LogP contribution < -0.4 is 0 Å². The van der Waals surface area contributed by atoms with E-state index in [2.05, 4.69) is 14.8 Å². The first-order chi connectivity index (χ1) is 8.66. The second-order valence-corrected chi connectivity index (χ2v) is 5.77. The Morgan fingerprint density at radius 1 is 1.39 bits per heavy atom. The number of hydrogen-bond acceptors (Lipinski definition) is 4. The molecule has 18 heavy (non-hydrogen) atoms. The van der Waals surface area contributed by atoms with Crippen LogP contribution in [0.15, 0.2) is 5.16 Å². The molecule has 6 heteroatoms. The SMILES string of the molecule is Cc1nnc(SCC(=O)O)n1CC1CCCCC1. The lowest BCUT2D eigenvalue weighted by atomic mass is 9.89. The van der Waals surface area contributed by atoms with Crippen molar-refractivity contribution < 1.29 is 9.90 Å². The van der Waals surface area contributed by atoms with E-state index in [1.54, 1.807) is 0 Å². The molecule has 0 aromatic carbocycles. The summed E-state index contributed by atoms with van der Waals surface area (Å²) in [5.41, 5.74) is 0. The molecule has 1 N–H and O–H groups in total. The number of nitrogens with zero attached hydrogens (tertiary/aromatic N) is 3. The Balaban J connectivity index is 2.01. The molecule has 1 aromatic rings. The van der Waals surface area contributed by atoms with E-state index in [-0.39, 0.29) is 5.75 Å². The third kappa shape index (κ3) is 3.48. The Hall–Kier alpha value is -1.04. The number of carboxylic acid groups (broad SMARTS) is 1. The van der Waals surface area contributed by atoms with Crippen molar-refractivity contribution in [3.8, 4) is 0 Å². The number of thioether (sulfide) groups is 1. The van der Waals surface area contributed by atoms with Gasteiger partial charge in [0.15, 0.2) is 5.16 Å². The highest BCUT2D eigenvalue weighted by Gasteiger charge is 2.18. The third-order valence-electron chi connectivity index (χ3n) is 3.39. The highest BCUT2D eigenvalue weighted by molar-refractivity contribution is 7.99. The maximum atomic E-state index is 10.6. The average Bonchev–Trinajstić information content (AvgIpc) is 2.70. The van der Waals surface area contributed by atoms with E-state index in [0.29, 0.717) is 5.92 Å². The topological polar surface area (TPSA) is 68.0 Å². The van der Waals surface area contributed by atoms with Gasteiger partial charge in [-0.1, -0.05) is 31.0 Å². The average molecular weight is 269 g/mol. The quantitative estimate of drug-likeness (QED) is 0.831. The fraction of sp³-hybridized carbons (Fsp3) is 0.750. The van der Waals surface area contributed by atoms with Crippen LogP contribution in [-0.2, 0) is 11.3 Å². The number of aliphatic carboxylic acids is 1. The molecule has 1 fully saturated rings. The normalized spacial score (nSPS) is 16.9. The van der Waals surface area contributed by atoms with E-state index < -0.39 is 5.97 Å². The lowest BCUT2D eigenvalue weighted by Crippen LogP contribution is -2.16. The Morgan fingerprint density at radius 3 is 2.78 bits per heavy atom. The molecule has 0 atom stereocenters. The maximum Gasteiger partial charge on any atom is 0.313 e. The van der Waals surface area contributed by atoms with Crippen molar-refractivity contribution in [3.05, 3.63) is 5.82 Å². The molecule has 0 spiro atoms. The van der Waals surface area contributed by atoms with Crippen molar-refractivity contribution in [2.75, 3.05) is 5.75 Å². The summed E-state index contributed by atoms with van der Waals surface area (Å²) >= 11 is 1.25. The van der Waals surface area contributed by atoms with Gasteiger partial charge in [0.2, 0.25) is 0 Å². The summed E-state index contributed by atoms with van der Waals surface area (Å²) in [6, 6.07) is 0. The predicted octanol–water partition coefficient (Wildman–Crippen LogP) is 2.34. The van der Waals surface area contributed by atoms with Crippen LogP contribution in [0.1, 0.15) is 37.9 Å². The largest absolute Gasteiger partial charge is 0.481 e. The Bertz CT molecular complexity index is 413. The Kier molecular flexibility index (Phi) is 4.63. The molecule has 1 heterocycles. The Labute approximate surface area is 111 Å². The maximum absolute atomic E-state index is 10.6. The minimum Gasteiger partial charge on any atom is -0.481 e. The molecule has 0 aliphatic heterocycles. The second-order valence-electron chi connectivity index (χ2n) is 4.83. The van der Waals surface area contributed by atoms with Gasteiger partial charge in [0.05, 0.1) is 5.75 Å². The monoisotopic (exact) mass is 269 g/mol. The first-order valence-corrected chi connectivity index (χ1v) is 7.40. The lowest BCUT2D eigenvalue weighted by molar-refractivity contribution is -0.133. The summed E-state index contributed by atoms with van der Waals surface area (Å²) in [6.07, 6.45) is 6.49. The van der Waals surface area contributed by atoms with Gasteiger partial charge in [-0.3, -0.25) is 4.79 Å². The van der Waals surface area contributed by atoms with Crippen LogP contribution >= 0.6 is 11.8 Å². The van der Waals surface area contributed by atoms with Gasteiger partial charge in [-0.25, -0.2) is 0 Å². The minimum atomic E-state index is -0.815. The molecule has 100 valence electrons. The molecule has 1 aliphatic carbocycles. The van der Waals surface area contributed by atoms with E-state index in [1.165, 1.54) is 43.9 Å². The predicted molar refractivity (Wildman–Crippen MR) is 69.7 cm³/mol. The van der Waals surface area contributed by atoms with Crippen LogP contribution in [-0.4, -0.2) is 31.6 Å². The molecule has 1 aromatic heterocycles. The fourth-order valence-electron chi connectivity index (χ4n) is 2.43. The molecule has 0 radical (unpaired) electrons. The number of rotatable bonds is 5. The molecule has 0 unspecified atom stereocenters. The number of aromatic nitrogens is 3. The summed E-state index contributed by atoms with van der Waals surface area (Å²) in [7, 11) is 0. The van der Waals surface area contributed by atoms with Crippen molar-refractivity contribution in [2.24, 2.45) is 5.92 Å². The zero-order chi connectivity index (χ0) is 13.0. The van der Waals surface area contributed by atoms with Crippen LogP contribution in [0.25, 0.3) is 0 Å². The first kappa shape index (κ1) is 13.4. The van der Waals surface area contributed by atoms with E-state index >= 15 is 0 Å². The van der Waals surface area contributed by atoms with Gasteiger partial charge >= 0.3 is 5.97 Å². The van der Waals surface area contributed by atoms with Crippen molar-refractivity contribution in [1.82, 2.24) is 14.8 Å². The third-order valence-corrected chi connectivity index (χ3v) is 4.34. The van der Waals surface area contributed by atoms with Crippen molar-refractivity contribution in [2.45, 2.75) is 50.7 Å². The molecular weight excluding hydrogens is 250 g/mol. The van der Waals surface area contributed by atoms with Crippen LogP contribution in [0.5, 0.6) is 0 Å². The fourth-order valence-corrected chi connectivity index (χ4v) is 3.15. The van der Waals surface area contributed by atoms with E-state index in [9.17, 15) is 4.79 Å². The lowest BCUT2D eigenvalue weighted by Gasteiger charge is -2.22. The summed E-state index contributed by atoms with van der Waals surface area (Å²) < 4.78 is 2.07. The van der Waals surface area contributed by atoms with Crippen LogP contribution in [0.3, 0.4) is 0 Å². The molecular formula is C12H19N3O2S. The van der Waals surface area contributed by atoms with Gasteiger partial charge in [0.1, 0.15) is 5.82 Å². The van der Waals surface area contributed by atoms with Gasteiger partial charge in [-0.15, -0.1) is 10.2 Å². The van der Waals surface area contributed by atoms with Crippen molar-refractivity contribution in [3.63, 3.8) is 0 Å². The summed E-state index contributed by atoms with van der Waals surface area (Å²) in [6.45, 7) is 2.86. The van der Waals surface area contributed by atoms with E-state index in [0.717, 1.165) is 17.5 Å². The smallest absolute Gasteiger partial charge is 0.313 e. The number of carbonyl (C=O) groups is 1. The zero-order valence-electron chi connectivity index (χ0n) is 10.6. The summed E-state index contributed by atoms with van der Waals surface area (Å²) in [5, 5.41) is 17.6. The van der Waals surface area contributed by atoms with Gasteiger partial charge in [0.25, 0.3) is 0 Å². The second kappa shape index (κ2) is 6.22. The molecule has 0 amide bonds. The summed E-state index contributed by atoms with van der Waals surface area (Å²) in [4.78, 5) is 10.6. The molecule has 0 saturated heterocycles. The summed E-state index contributed by atoms with van der Waals surface area (Å²) in [5.74, 6) is 0.805. The van der Waals surface area contributed by atoms with Gasteiger partial charge in [0, 0.05) is 6.54 Å². The number of hydrogen-bond donors (Lipinski definition) is 1. The van der Waals surface area contributed by atoms with Gasteiger partial charge in [-0.05, 0) is 25.7 Å². The van der Waals surface area contributed by atoms with Crippen LogP contribution in [0, 0.1) is 12.8 Å². The zero-order valence-corrected chi connectivity index (χ0v) is 11.4. The van der Waals surface area contributed by atoms with E-state index in [4.69, 9.17) is 5.11 Å². The van der Waals surface area contributed by atoms with Gasteiger partial charge in [-0.2, -0.15) is 0 Å². The highest BCUT2D eigenvalue weighted by Crippen LogP contribution is 2.27. The molecule has 1 aliphatic rings. The number of carboxylic acids is 1. The van der Waals surface area contributed by atoms with Gasteiger partial charge < -0.3 is 9.67 Å². The van der Waals surface area contributed by atoms with E-state index in [1.807, 2.05) is 6.92 Å². The molecule has 5 nitrogen and oxygen atoms in total. The Morgan fingerprint density at radius 2 is 2.11 bits per heavy atom. The minimum absolute atomic E-state index is 0.0444.